The highest BCUT2D eigenvalue weighted by Crippen LogP contribution is 2.43. The summed E-state index contributed by atoms with van der Waals surface area (Å²) in [6.45, 7) is 4.26. The van der Waals surface area contributed by atoms with E-state index < -0.39 is 23.1 Å². The molecular weight excluding hydrogens is 400 g/mol. The Morgan fingerprint density at radius 1 is 1.17 bits per heavy atom. The molecule has 2 aromatic carbocycles. The largest absolute Gasteiger partial charge is 0.486 e. The van der Waals surface area contributed by atoms with Gasteiger partial charge in [-0.25, -0.2) is 8.78 Å². The molecule has 1 spiro atoms. The summed E-state index contributed by atoms with van der Waals surface area (Å²) in [5.41, 5.74) is 1.09. The molecule has 4 nitrogen and oxygen atoms in total. The van der Waals surface area contributed by atoms with Crippen LogP contribution in [-0.2, 0) is 0 Å². The van der Waals surface area contributed by atoms with Crippen LogP contribution in [0.4, 0.5) is 8.78 Å². The molecule has 0 radical (unpaired) electrons. The number of likely N-dealkylation sites (tertiary alicyclic amines) is 1. The molecule has 0 aliphatic carbocycles. The number of fused-ring (bicyclic) bond motifs is 1. The Morgan fingerprint density at radius 3 is 2.55 bits per heavy atom. The van der Waals surface area contributed by atoms with Crippen molar-refractivity contribution in [3.8, 4) is 5.75 Å². The first-order valence-electron chi connectivity index (χ1n) is 9.47. The average molecular weight is 420 g/mol. The third-order valence-electron chi connectivity index (χ3n) is 5.85. The van der Waals surface area contributed by atoms with Crippen molar-refractivity contribution < 1.29 is 23.1 Å². The fraction of sp³-hybridized carbons (Fsp3) is 0.364. The summed E-state index contributed by atoms with van der Waals surface area (Å²) in [6, 6.07) is 4.62. The lowest BCUT2D eigenvalue weighted by Crippen LogP contribution is -2.52. The summed E-state index contributed by atoms with van der Waals surface area (Å²) in [6.07, 6.45) is 1.07. The van der Waals surface area contributed by atoms with Gasteiger partial charge in [0.15, 0.2) is 5.78 Å². The van der Waals surface area contributed by atoms with Crippen LogP contribution >= 0.6 is 11.6 Å². The Morgan fingerprint density at radius 2 is 1.86 bits per heavy atom. The van der Waals surface area contributed by atoms with Crippen molar-refractivity contribution in [1.29, 1.82) is 0 Å². The first-order valence-corrected chi connectivity index (χ1v) is 9.85. The van der Waals surface area contributed by atoms with E-state index in [1.165, 1.54) is 4.90 Å². The number of hydrogen-bond acceptors (Lipinski definition) is 3. The van der Waals surface area contributed by atoms with Crippen molar-refractivity contribution in [3.05, 3.63) is 63.2 Å². The van der Waals surface area contributed by atoms with Crippen LogP contribution in [0.3, 0.4) is 0 Å². The molecule has 2 aromatic rings. The zero-order chi connectivity index (χ0) is 20.9. The molecule has 1 amide bonds. The number of ketones is 1. The van der Waals surface area contributed by atoms with Gasteiger partial charge in [0.05, 0.1) is 17.5 Å². The number of halogens is 3. The van der Waals surface area contributed by atoms with E-state index in [4.69, 9.17) is 16.3 Å². The van der Waals surface area contributed by atoms with Gasteiger partial charge in [-0.2, -0.15) is 0 Å². The normalized spacial score (nSPS) is 17.8. The van der Waals surface area contributed by atoms with E-state index >= 15 is 0 Å². The van der Waals surface area contributed by atoms with E-state index in [1.54, 1.807) is 6.07 Å². The molecule has 1 fully saturated rings. The minimum Gasteiger partial charge on any atom is -0.486 e. The Balaban J connectivity index is 1.54. The molecule has 0 atom stereocenters. The van der Waals surface area contributed by atoms with Crippen molar-refractivity contribution in [2.24, 2.45) is 0 Å². The zero-order valence-electron chi connectivity index (χ0n) is 16.2. The molecule has 0 bridgehead atoms. The van der Waals surface area contributed by atoms with Gasteiger partial charge >= 0.3 is 0 Å². The quantitative estimate of drug-likeness (QED) is 0.662. The molecule has 29 heavy (non-hydrogen) atoms. The van der Waals surface area contributed by atoms with Crippen LogP contribution in [0.5, 0.6) is 5.75 Å². The molecule has 0 aromatic heterocycles. The van der Waals surface area contributed by atoms with Crippen molar-refractivity contribution >= 4 is 23.3 Å². The number of aryl methyl sites for hydroxylation is 1. The predicted octanol–water partition coefficient (Wildman–Crippen LogP) is 4.88. The molecule has 7 heteroatoms. The highest BCUT2D eigenvalue weighted by Gasteiger charge is 2.44. The predicted molar refractivity (Wildman–Crippen MR) is 105 cm³/mol. The van der Waals surface area contributed by atoms with Gasteiger partial charge < -0.3 is 9.64 Å². The van der Waals surface area contributed by atoms with Gasteiger partial charge in [0.2, 0.25) is 0 Å². The summed E-state index contributed by atoms with van der Waals surface area (Å²) in [5, 5.41) is 0.564. The highest BCUT2D eigenvalue weighted by atomic mass is 35.5. The number of nitrogens with zero attached hydrogens (tertiary/aromatic N) is 1. The van der Waals surface area contributed by atoms with Gasteiger partial charge in [0.25, 0.3) is 5.91 Å². The lowest BCUT2D eigenvalue weighted by Gasteiger charge is -2.44. The van der Waals surface area contributed by atoms with E-state index in [0.717, 1.165) is 29.3 Å². The maximum atomic E-state index is 14.0. The Labute approximate surface area is 172 Å². The molecule has 0 unspecified atom stereocenters. The first kappa shape index (κ1) is 19.8. The third kappa shape index (κ3) is 3.39. The van der Waals surface area contributed by atoms with Crippen molar-refractivity contribution in [1.82, 2.24) is 4.90 Å². The number of rotatable bonds is 1. The smallest absolute Gasteiger partial charge is 0.256 e. The van der Waals surface area contributed by atoms with Crippen LogP contribution in [-0.4, -0.2) is 35.3 Å². The van der Waals surface area contributed by atoms with Crippen LogP contribution in [0.25, 0.3) is 0 Å². The van der Waals surface area contributed by atoms with E-state index in [2.05, 4.69) is 0 Å². The Hall–Kier alpha value is -2.47. The monoisotopic (exact) mass is 419 g/mol. The topological polar surface area (TPSA) is 46.6 Å². The number of benzene rings is 2. The molecule has 0 saturated carbocycles. The molecule has 152 valence electrons. The van der Waals surface area contributed by atoms with Crippen molar-refractivity contribution in [2.45, 2.75) is 38.7 Å². The molecule has 4 rings (SSSR count). The Bertz CT molecular complexity index is 1030. The van der Waals surface area contributed by atoms with E-state index in [9.17, 15) is 18.4 Å². The maximum Gasteiger partial charge on any atom is 0.256 e. The van der Waals surface area contributed by atoms with E-state index in [0.29, 0.717) is 42.3 Å². The summed E-state index contributed by atoms with van der Waals surface area (Å²) >= 11 is 6.28. The number of piperidine rings is 1. The molecular formula is C22H20ClF2NO3. The third-order valence-corrected chi connectivity index (χ3v) is 6.43. The Kier molecular flexibility index (Phi) is 4.85. The number of carbonyl (C=O) groups is 2. The van der Waals surface area contributed by atoms with Gasteiger partial charge in [0.1, 0.15) is 23.0 Å². The van der Waals surface area contributed by atoms with Gasteiger partial charge in [-0.3, -0.25) is 9.59 Å². The second-order valence-corrected chi connectivity index (χ2v) is 8.18. The SMILES string of the molecule is Cc1cc2c(c(C)c1Cl)C(=O)CC1(CCN(C(=O)c3cc(F)ccc3F)CC1)O2. The average Bonchev–Trinajstić information content (AvgIpc) is 2.67. The number of carbonyl (C=O) groups excluding carboxylic acids is 2. The number of ether oxygens (including phenoxy) is 1. The minimum absolute atomic E-state index is 0.0263. The van der Waals surface area contributed by atoms with Crippen LogP contribution in [0, 0.1) is 25.5 Å². The summed E-state index contributed by atoms with van der Waals surface area (Å²) < 4.78 is 33.7. The first-order chi connectivity index (χ1) is 13.7. The highest BCUT2D eigenvalue weighted by molar-refractivity contribution is 6.32. The van der Waals surface area contributed by atoms with Crippen molar-refractivity contribution in [3.63, 3.8) is 0 Å². The van der Waals surface area contributed by atoms with E-state index in [-0.39, 0.29) is 17.8 Å². The van der Waals surface area contributed by atoms with E-state index in [1.807, 2.05) is 13.8 Å². The van der Waals surface area contributed by atoms with Gasteiger partial charge in [0, 0.05) is 31.0 Å². The lowest BCUT2D eigenvalue weighted by atomic mass is 9.81. The molecule has 1 saturated heterocycles. The molecule has 2 aliphatic rings. The maximum absolute atomic E-state index is 14.0. The summed E-state index contributed by atoms with van der Waals surface area (Å²) in [4.78, 5) is 27.0. The lowest BCUT2D eigenvalue weighted by molar-refractivity contribution is -0.00591. The number of hydrogen-bond donors (Lipinski definition) is 0. The second kappa shape index (κ2) is 7.10. The van der Waals surface area contributed by atoms with Crippen LogP contribution in [0.2, 0.25) is 5.02 Å². The molecule has 0 N–H and O–H groups in total. The van der Waals surface area contributed by atoms with Crippen LogP contribution in [0.1, 0.15) is 51.1 Å². The van der Waals surface area contributed by atoms with Crippen LogP contribution in [0.15, 0.2) is 24.3 Å². The summed E-state index contributed by atoms with van der Waals surface area (Å²) in [7, 11) is 0. The van der Waals surface area contributed by atoms with Crippen molar-refractivity contribution in [2.75, 3.05) is 13.1 Å². The minimum atomic E-state index is -0.752. The molecule has 2 aliphatic heterocycles. The van der Waals surface area contributed by atoms with Crippen LogP contribution < -0.4 is 4.74 Å². The molecule has 2 heterocycles. The van der Waals surface area contributed by atoms with Gasteiger partial charge in [-0.05, 0) is 49.2 Å². The number of Topliss-reactive ketones (excluding diaryl/α,β-unsaturated/α-hetero) is 1. The summed E-state index contributed by atoms with van der Waals surface area (Å²) in [5.74, 6) is -1.47. The fourth-order valence-corrected chi connectivity index (χ4v) is 4.38. The standard InChI is InChI=1S/C22H20ClF2NO3/c1-12-9-18-19(13(2)20(12)23)17(27)11-22(29-18)5-7-26(8-6-22)21(28)15-10-14(24)3-4-16(15)25/h3-4,9-10H,5-8,11H2,1-2H3. The zero-order valence-corrected chi connectivity index (χ0v) is 16.9. The second-order valence-electron chi connectivity index (χ2n) is 7.81. The van der Waals surface area contributed by atoms with Gasteiger partial charge in [-0.15, -0.1) is 0 Å². The number of amides is 1. The van der Waals surface area contributed by atoms with Gasteiger partial charge in [-0.1, -0.05) is 11.6 Å². The fourth-order valence-electron chi connectivity index (χ4n) is 4.23.